The maximum atomic E-state index is 13.4. The average molecular weight is 363 g/mol. The molecule has 6 nitrogen and oxygen atoms in total. The van der Waals surface area contributed by atoms with E-state index in [1.807, 2.05) is 12.1 Å². The maximum absolute atomic E-state index is 13.4. The number of rotatable bonds is 4. The van der Waals surface area contributed by atoms with Crippen molar-refractivity contribution < 1.29 is 19.3 Å². The molecule has 1 aliphatic rings. The fraction of sp³-hybridized carbons (Fsp3) is 0.412. The van der Waals surface area contributed by atoms with Crippen LogP contribution < -0.4 is 9.80 Å². The van der Waals surface area contributed by atoms with Gasteiger partial charge in [0.15, 0.2) is 6.04 Å². The second kappa shape index (κ2) is 6.70. The standard InChI is InChI=1S/C17H20FN5OS/c1-2-21-7-9-22(10-8-21)14(12-3-5-13(18)6-4-12)15-16(24)23-17(25-15)19-11-20-23/h3-6,11,14,24H,2,7-10H2,1H3/p+2/t14-/m0/s1. The molecule has 0 spiro atoms. The van der Waals surface area contributed by atoms with Gasteiger partial charge in [0.1, 0.15) is 43.2 Å². The Morgan fingerprint density at radius 3 is 2.60 bits per heavy atom. The van der Waals surface area contributed by atoms with Crippen molar-refractivity contribution in [3.8, 4) is 5.88 Å². The fourth-order valence-electron chi connectivity index (χ4n) is 3.68. The molecule has 1 atom stereocenters. The summed E-state index contributed by atoms with van der Waals surface area (Å²) in [6.45, 7) is 7.58. The zero-order valence-corrected chi connectivity index (χ0v) is 14.9. The monoisotopic (exact) mass is 363 g/mol. The summed E-state index contributed by atoms with van der Waals surface area (Å²) >= 11 is 1.46. The van der Waals surface area contributed by atoms with Crippen molar-refractivity contribution in [1.82, 2.24) is 14.6 Å². The van der Waals surface area contributed by atoms with E-state index in [9.17, 15) is 9.50 Å². The number of nitrogens with one attached hydrogen (secondary N) is 2. The predicted octanol–water partition coefficient (Wildman–Crippen LogP) is -0.472. The summed E-state index contributed by atoms with van der Waals surface area (Å²) < 4.78 is 14.9. The summed E-state index contributed by atoms with van der Waals surface area (Å²) in [6, 6.07) is 6.59. The third-order valence-corrected chi connectivity index (χ3v) is 6.21. The predicted molar refractivity (Wildman–Crippen MR) is 92.7 cm³/mol. The molecule has 3 N–H and O–H groups in total. The molecular weight excluding hydrogens is 341 g/mol. The molecule has 0 unspecified atom stereocenters. The van der Waals surface area contributed by atoms with Gasteiger partial charge in [0, 0.05) is 5.56 Å². The number of hydrogen-bond donors (Lipinski definition) is 3. The maximum Gasteiger partial charge on any atom is 0.235 e. The minimum Gasteiger partial charge on any atom is -0.492 e. The number of quaternary nitrogens is 2. The first kappa shape index (κ1) is 16.4. The Balaban J connectivity index is 1.74. The van der Waals surface area contributed by atoms with Gasteiger partial charge in [-0.3, -0.25) is 0 Å². The number of likely N-dealkylation sites (N-methyl/N-ethyl adjacent to an activating group) is 1. The van der Waals surface area contributed by atoms with Gasteiger partial charge in [0.2, 0.25) is 10.8 Å². The summed E-state index contributed by atoms with van der Waals surface area (Å²) in [5, 5.41) is 14.8. The van der Waals surface area contributed by atoms with E-state index in [0.29, 0.717) is 4.96 Å². The van der Waals surface area contributed by atoms with Crippen molar-refractivity contribution >= 4 is 16.3 Å². The minimum absolute atomic E-state index is 0.0347. The number of thiazole rings is 1. The first-order valence-electron chi connectivity index (χ1n) is 8.62. The van der Waals surface area contributed by atoms with Gasteiger partial charge in [-0.05, 0) is 31.2 Å². The highest BCUT2D eigenvalue weighted by atomic mass is 32.1. The van der Waals surface area contributed by atoms with Gasteiger partial charge in [-0.15, -0.1) is 0 Å². The van der Waals surface area contributed by atoms with Gasteiger partial charge >= 0.3 is 0 Å². The second-order valence-corrected chi connectivity index (χ2v) is 7.50. The van der Waals surface area contributed by atoms with Crippen LogP contribution in [0.1, 0.15) is 23.4 Å². The Morgan fingerprint density at radius 1 is 1.24 bits per heavy atom. The van der Waals surface area contributed by atoms with Gasteiger partial charge in [0.05, 0.1) is 6.54 Å². The zero-order chi connectivity index (χ0) is 17.4. The number of halogens is 1. The molecule has 0 aliphatic carbocycles. The topological polar surface area (TPSA) is 59.3 Å². The number of fused-ring (bicyclic) bond motifs is 1. The van der Waals surface area contributed by atoms with Crippen LogP contribution >= 0.6 is 11.3 Å². The van der Waals surface area contributed by atoms with Gasteiger partial charge in [-0.25, -0.2) is 9.37 Å². The molecule has 0 bridgehead atoms. The molecule has 1 saturated heterocycles. The molecule has 1 fully saturated rings. The summed E-state index contributed by atoms with van der Waals surface area (Å²) in [7, 11) is 0. The van der Waals surface area contributed by atoms with E-state index in [-0.39, 0.29) is 17.7 Å². The smallest absolute Gasteiger partial charge is 0.235 e. The highest BCUT2D eigenvalue weighted by Crippen LogP contribution is 2.34. The lowest BCUT2D eigenvalue weighted by atomic mass is 10.0. The van der Waals surface area contributed by atoms with E-state index in [2.05, 4.69) is 17.0 Å². The minimum atomic E-state index is -0.246. The van der Waals surface area contributed by atoms with E-state index < -0.39 is 0 Å². The molecule has 25 heavy (non-hydrogen) atoms. The van der Waals surface area contributed by atoms with Crippen LogP contribution in [0.5, 0.6) is 5.88 Å². The van der Waals surface area contributed by atoms with E-state index >= 15 is 0 Å². The number of piperazine rings is 1. The molecule has 3 aromatic rings. The SMILES string of the molecule is CC[NH+]1CC[NH+]([C@@H](c2ccc(F)cc2)c2sc3ncnn3c2O)CC1. The first-order valence-corrected chi connectivity index (χ1v) is 9.44. The van der Waals surface area contributed by atoms with Crippen molar-refractivity contribution in [1.29, 1.82) is 0 Å². The number of benzene rings is 1. The molecule has 0 saturated carbocycles. The fourth-order valence-corrected chi connectivity index (χ4v) is 4.79. The molecule has 3 heterocycles. The Bertz CT molecular complexity index is 854. The largest absolute Gasteiger partial charge is 0.492 e. The van der Waals surface area contributed by atoms with Crippen molar-refractivity contribution in [2.45, 2.75) is 13.0 Å². The lowest BCUT2D eigenvalue weighted by molar-refractivity contribution is -1.02. The number of aromatic nitrogens is 3. The van der Waals surface area contributed by atoms with E-state index in [1.165, 1.54) is 39.2 Å². The number of hydrogen-bond acceptors (Lipinski definition) is 4. The zero-order valence-electron chi connectivity index (χ0n) is 14.1. The summed E-state index contributed by atoms with van der Waals surface area (Å²) in [6.07, 6.45) is 1.44. The van der Waals surface area contributed by atoms with Crippen molar-refractivity contribution in [3.63, 3.8) is 0 Å². The molecule has 0 amide bonds. The van der Waals surface area contributed by atoms with Crippen LogP contribution in [0.4, 0.5) is 4.39 Å². The van der Waals surface area contributed by atoms with Gasteiger partial charge in [-0.1, -0.05) is 11.3 Å². The normalized spacial score (nSPS) is 22.3. The third-order valence-electron chi connectivity index (χ3n) is 5.11. The Labute approximate surface area is 149 Å². The molecule has 8 heteroatoms. The lowest BCUT2D eigenvalue weighted by Gasteiger charge is -2.34. The third kappa shape index (κ3) is 3.01. The van der Waals surface area contributed by atoms with Crippen LogP contribution in [0.2, 0.25) is 0 Å². The Hall–Kier alpha value is -2.03. The van der Waals surface area contributed by atoms with E-state index in [4.69, 9.17) is 0 Å². The molecule has 4 rings (SSSR count). The van der Waals surface area contributed by atoms with Gasteiger partial charge in [0.25, 0.3) is 0 Å². The van der Waals surface area contributed by atoms with E-state index in [0.717, 1.165) is 43.2 Å². The molecule has 2 aromatic heterocycles. The Kier molecular flexibility index (Phi) is 4.41. The van der Waals surface area contributed by atoms with Gasteiger partial charge in [-0.2, -0.15) is 9.61 Å². The second-order valence-electron chi connectivity index (χ2n) is 6.49. The van der Waals surface area contributed by atoms with Crippen LogP contribution in [-0.2, 0) is 0 Å². The quantitative estimate of drug-likeness (QED) is 0.587. The van der Waals surface area contributed by atoms with Crippen molar-refractivity contribution in [3.05, 3.63) is 46.9 Å². The molecule has 1 aromatic carbocycles. The summed E-state index contributed by atoms with van der Waals surface area (Å²) in [5.74, 6) is -0.103. The molecule has 0 radical (unpaired) electrons. The van der Waals surface area contributed by atoms with Crippen molar-refractivity contribution in [2.75, 3.05) is 32.7 Å². The van der Waals surface area contributed by atoms with Crippen LogP contribution in [0.25, 0.3) is 4.96 Å². The van der Waals surface area contributed by atoms with Crippen LogP contribution in [0.3, 0.4) is 0 Å². The van der Waals surface area contributed by atoms with Crippen molar-refractivity contribution in [2.24, 2.45) is 0 Å². The number of aromatic hydroxyl groups is 1. The van der Waals surface area contributed by atoms with Crippen LogP contribution in [0, 0.1) is 5.82 Å². The summed E-state index contributed by atoms with van der Waals surface area (Å²) in [5.41, 5.74) is 1.01. The van der Waals surface area contributed by atoms with Crippen LogP contribution in [-0.4, -0.2) is 52.4 Å². The highest BCUT2D eigenvalue weighted by Gasteiger charge is 2.35. The highest BCUT2D eigenvalue weighted by molar-refractivity contribution is 7.17. The lowest BCUT2D eigenvalue weighted by Crippen LogP contribution is -3.28. The Morgan fingerprint density at radius 2 is 1.96 bits per heavy atom. The molecule has 132 valence electrons. The molecule has 1 aliphatic heterocycles. The van der Waals surface area contributed by atoms with Crippen LogP contribution in [0.15, 0.2) is 30.6 Å². The number of nitrogens with zero attached hydrogens (tertiary/aromatic N) is 3. The van der Waals surface area contributed by atoms with Gasteiger partial charge < -0.3 is 14.9 Å². The summed E-state index contributed by atoms with van der Waals surface area (Å²) in [4.78, 5) is 8.72. The van der Waals surface area contributed by atoms with E-state index in [1.54, 1.807) is 4.90 Å². The molecular formula is C17H22FN5OS+2. The first-order chi connectivity index (χ1) is 12.2. The average Bonchev–Trinajstić information content (AvgIpc) is 3.21.